The average Bonchev–Trinajstić information content (AvgIpc) is 2.74. The fourth-order valence-corrected chi connectivity index (χ4v) is 4.29. The number of ketones is 1. The van der Waals surface area contributed by atoms with Gasteiger partial charge in [-0.05, 0) is 67.6 Å². The van der Waals surface area contributed by atoms with Crippen molar-refractivity contribution in [3.05, 3.63) is 70.1 Å². The molecule has 29 heavy (non-hydrogen) atoms. The van der Waals surface area contributed by atoms with Crippen LogP contribution in [-0.4, -0.2) is 23.9 Å². The number of rotatable bonds is 5. The average molecular weight is 431 g/mol. The number of halogens is 3. The van der Waals surface area contributed by atoms with Crippen molar-refractivity contribution >= 4 is 45.6 Å². The Bertz CT molecular complexity index is 1050. The molecule has 0 spiro atoms. The van der Waals surface area contributed by atoms with Gasteiger partial charge >= 0.3 is 0 Å². The summed E-state index contributed by atoms with van der Waals surface area (Å²) in [6, 6.07) is 11.7. The molecule has 2 aromatic carbocycles. The highest BCUT2D eigenvalue weighted by molar-refractivity contribution is 6.42. The molecule has 3 nitrogen and oxygen atoms in total. The van der Waals surface area contributed by atoms with Crippen LogP contribution in [0.4, 0.5) is 10.1 Å². The lowest BCUT2D eigenvalue weighted by molar-refractivity contribution is 0.0971. The third kappa shape index (κ3) is 4.54. The smallest absolute Gasteiger partial charge is 0.162 e. The van der Waals surface area contributed by atoms with Crippen molar-refractivity contribution in [3.63, 3.8) is 0 Å². The first kappa shape index (κ1) is 20.1. The van der Waals surface area contributed by atoms with Crippen LogP contribution in [0.1, 0.15) is 36.0 Å². The number of anilines is 1. The molecule has 0 bridgehead atoms. The Kier molecular flexibility index (Phi) is 6.02. The molecule has 0 radical (unpaired) electrons. The van der Waals surface area contributed by atoms with Crippen LogP contribution >= 0.6 is 23.2 Å². The van der Waals surface area contributed by atoms with Crippen molar-refractivity contribution in [3.8, 4) is 0 Å². The Hall–Kier alpha value is -2.17. The zero-order valence-corrected chi connectivity index (χ0v) is 17.4. The molecule has 0 aliphatic carbocycles. The van der Waals surface area contributed by atoms with E-state index in [1.165, 1.54) is 6.07 Å². The van der Waals surface area contributed by atoms with Crippen LogP contribution in [0.2, 0.25) is 10.0 Å². The number of pyridine rings is 1. The van der Waals surface area contributed by atoms with Gasteiger partial charge in [-0.1, -0.05) is 23.2 Å². The number of hydrogen-bond acceptors (Lipinski definition) is 3. The molecule has 0 atom stereocenters. The van der Waals surface area contributed by atoms with E-state index in [4.69, 9.17) is 23.2 Å². The van der Waals surface area contributed by atoms with Crippen molar-refractivity contribution in [2.24, 2.45) is 5.92 Å². The normalized spacial score (nSPS) is 15.1. The zero-order chi connectivity index (χ0) is 20.4. The zero-order valence-electron chi connectivity index (χ0n) is 15.9. The Labute approximate surface area is 179 Å². The second-order valence-corrected chi connectivity index (χ2v) is 8.33. The molecule has 1 saturated heterocycles. The first-order chi connectivity index (χ1) is 14.0. The number of nitrogens with zero attached hydrogens (tertiary/aromatic N) is 2. The van der Waals surface area contributed by atoms with Gasteiger partial charge in [-0.2, -0.15) is 0 Å². The third-order valence-electron chi connectivity index (χ3n) is 5.66. The number of aromatic nitrogens is 1. The van der Waals surface area contributed by atoms with E-state index in [2.05, 4.69) is 9.88 Å². The van der Waals surface area contributed by atoms with Gasteiger partial charge in [0.15, 0.2) is 5.78 Å². The van der Waals surface area contributed by atoms with Gasteiger partial charge in [-0.15, -0.1) is 0 Å². The van der Waals surface area contributed by atoms with Crippen LogP contribution in [-0.2, 0) is 0 Å². The first-order valence-electron chi connectivity index (χ1n) is 9.79. The topological polar surface area (TPSA) is 33.2 Å². The molecular formula is C23H21Cl2FN2O. The van der Waals surface area contributed by atoms with Gasteiger partial charge in [-0.3, -0.25) is 9.78 Å². The number of Topliss-reactive ketones (excluding diaryl/α,β-unsaturated/α-hetero) is 1. The second-order valence-electron chi connectivity index (χ2n) is 7.51. The summed E-state index contributed by atoms with van der Waals surface area (Å²) < 4.78 is 13.7. The summed E-state index contributed by atoms with van der Waals surface area (Å²) in [5, 5.41) is 1.71. The molecule has 0 saturated carbocycles. The van der Waals surface area contributed by atoms with Gasteiger partial charge < -0.3 is 4.90 Å². The second kappa shape index (κ2) is 8.68. The maximum absolute atomic E-state index is 13.7. The minimum Gasteiger partial charge on any atom is -0.371 e. The summed E-state index contributed by atoms with van der Waals surface area (Å²) in [6.45, 7) is 1.78. The highest BCUT2D eigenvalue weighted by Gasteiger charge is 2.22. The minimum atomic E-state index is -0.248. The minimum absolute atomic E-state index is 0.0987. The van der Waals surface area contributed by atoms with Crippen LogP contribution in [0.25, 0.3) is 10.9 Å². The van der Waals surface area contributed by atoms with Crippen LogP contribution in [0.15, 0.2) is 48.7 Å². The predicted octanol–water partition coefficient (Wildman–Crippen LogP) is 6.56. The SMILES string of the molecule is O=C(CCC1CCN(c2ccnc3ccc(F)cc23)CC1)c1ccc(Cl)c(Cl)c1. The maximum Gasteiger partial charge on any atom is 0.162 e. The summed E-state index contributed by atoms with van der Waals surface area (Å²) >= 11 is 11.9. The summed E-state index contributed by atoms with van der Waals surface area (Å²) in [7, 11) is 0. The molecule has 1 aliphatic rings. The van der Waals surface area contributed by atoms with Gasteiger partial charge in [-0.25, -0.2) is 4.39 Å². The van der Waals surface area contributed by atoms with E-state index in [0.717, 1.165) is 48.9 Å². The van der Waals surface area contributed by atoms with Crippen LogP contribution in [0.3, 0.4) is 0 Å². The summed E-state index contributed by atoms with van der Waals surface area (Å²) in [5.74, 6) is 0.354. The first-order valence-corrected chi connectivity index (χ1v) is 10.5. The number of piperidine rings is 1. The molecule has 0 amide bonds. The van der Waals surface area contributed by atoms with E-state index in [9.17, 15) is 9.18 Å². The fourth-order valence-electron chi connectivity index (χ4n) is 3.99. The lowest BCUT2D eigenvalue weighted by Gasteiger charge is -2.34. The Morgan fingerprint density at radius 3 is 2.62 bits per heavy atom. The third-order valence-corrected chi connectivity index (χ3v) is 6.40. The Morgan fingerprint density at radius 1 is 1.07 bits per heavy atom. The predicted molar refractivity (Wildman–Crippen MR) is 117 cm³/mol. The van der Waals surface area contributed by atoms with Gasteiger partial charge in [0.1, 0.15) is 5.82 Å². The van der Waals surface area contributed by atoms with Gasteiger partial charge in [0.25, 0.3) is 0 Å². The van der Waals surface area contributed by atoms with Crippen molar-refractivity contribution in [1.29, 1.82) is 0 Å². The maximum atomic E-state index is 13.7. The molecule has 150 valence electrons. The van der Waals surface area contributed by atoms with Crippen LogP contribution in [0, 0.1) is 11.7 Å². The summed E-state index contributed by atoms with van der Waals surface area (Å²) in [5.41, 5.74) is 2.44. The largest absolute Gasteiger partial charge is 0.371 e. The Morgan fingerprint density at radius 2 is 1.86 bits per heavy atom. The van der Waals surface area contributed by atoms with Crippen molar-refractivity contribution in [2.75, 3.05) is 18.0 Å². The molecule has 3 aromatic rings. The molecular weight excluding hydrogens is 410 g/mol. The van der Waals surface area contributed by atoms with Gasteiger partial charge in [0.2, 0.25) is 0 Å². The van der Waals surface area contributed by atoms with E-state index < -0.39 is 0 Å². The molecule has 6 heteroatoms. The number of benzene rings is 2. The highest BCUT2D eigenvalue weighted by atomic mass is 35.5. The van der Waals surface area contributed by atoms with Crippen molar-refractivity contribution in [2.45, 2.75) is 25.7 Å². The molecule has 1 fully saturated rings. The molecule has 1 aliphatic heterocycles. The standard InChI is InChI=1S/C23H21Cl2FN2O/c24-19-4-2-16(13-20(19)25)23(29)6-1-15-8-11-28(12-9-15)22-7-10-27-21-5-3-17(26)14-18(21)22/h2-5,7,10,13-15H,1,6,8-9,11-12H2. The molecule has 0 N–H and O–H groups in total. The monoisotopic (exact) mass is 430 g/mol. The molecule has 1 aromatic heterocycles. The molecule has 4 rings (SSSR count). The van der Waals surface area contributed by atoms with E-state index in [0.29, 0.717) is 27.9 Å². The molecule has 2 heterocycles. The van der Waals surface area contributed by atoms with E-state index in [-0.39, 0.29) is 11.6 Å². The Balaban J connectivity index is 1.36. The van der Waals surface area contributed by atoms with E-state index in [1.807, 2.05) is 6.07 Å². The quantitative estimate of drug-likeness (QED) is 0.429. The summed E-state index contributed by atoms with van der Waals surface area (Å²) in [6.07, 6.45) is 5.16. The number of carbonyl (C=O) groups excluding carboxylic acids is 1. The fraction of sp³-hybridized carbons (Fsp3) is 0.304. The highest BCUT2D eigenvalue weighted by Crippen LogP contribution is 2.31. The van der Waals surface area contributed by atoms with Gasteiger partial charge in [0, 0.05) is 42.3 Å². The van der Waals surface area contributed by atoms with Crippen molar-refractivity contribution < 1.29 is 9.18 Å². The lowest BCUT2D eigenvalue weighted by atomic mass is 9.90. The number of hydrogen-bond donors (Lipinski definition) is 0. The lowest BCUT2D eigenvalue weighted by Crippen LogP contribution is -2.34. The van der Waals surface area contributed by atoms with Crippen molar-refractivity contribution in [1.82, 2.24) is 4.98 Å². The van der Waals surface area contributed by atoms with E-state index >= 15 is 0 Å². The number of carbonyl (C=O) groups is 1. The van der Waals surface area contributed by atoms with Crippen LogP contribution < -0.4 is 4.90 Å². The summed E-state index contributed by atoms with van der Waals surface area (Å²) in [4.78, 5) is 19.1. The number of fused-ring (bicyclic) bond motifs is 1. The van der Waals surface area contributed by atoms with Crippen LogP contribution in [0.5, 0.6) is 0 Å². The van der Waals surface area contributed by atoms with Gasteiger partial charge in [0.05, 0.1) is 15.6 Å². The van der Waals surface area contributed by atoms with E-state index in [1.54, 1.807) is 36.5 Å². The molecule has 0 unspecified atom stereocenters.